The Kier molecular flexibility index (Phi) is 20.3. The van der Waals surface area contributed by atoms with Crippen LogP contribution in [0.4, 0.5) is 0 Å². The Hall–Kier alpha value is -12.0. The first-order chi connectivity index (χ1) is 50.7. The molecule has 107 heavy (non-hydrogen) atoms. The third-order valence-corrected chi connectivity index (χ3v) is 19.9. The van der Waals surface area contributed by atoms with E-state index in [0.717, 1.165) is 179 Å². The van der Waals surface area contributed by atoms with Crippen molar-refractivity contribution in [2.45, 2.75) is 55.4 Å². The van der Waals surface area contributed by atoms with Crippen molar-refractivity contribution >= 4 is 92.7 Å². The minimum absolute atomic E-state index is 0. The molecular weight excluding hydrogens is 1390 g/mol. The van der Waals surface area contributed by atoms with E-state index in [1.807, 2.05) is 0 Å². The number of rotatable bonds is 8. The van der Waals surface area contributed by atoms with E-state index in [4.69, 9.17) is 39.9 Å². The summed E-state index contributed by atoms with van der Waals surface area (Å²) >= 11 is 0. The van der Waals surface area contributed by atoms with Crippen molar-refractivity contribution in [3.8, 4) is 89.0 Å². The fraction of sp³-hybridized carbons (Fsp3) is 0.0833. The summed E-state index contributed by atoms with van der Waals surface area (Å²) in [5.41, 5.74) is 39.9. The first-order valence-corrected chi connectivity index (χ1v) is 35.4. The second-order valence-corrected chi connectivity index (χ2v) is 27.7. The van der Waals surface area contributed by atoms with E-state index in [1.54, 1.807) is 0 Å². The maximum atomic E-state index is 5.37. The fourth-order valence-corrected chi connectivity index (χ4v) is 14.3. The summed E-state index contributed by atoms with van der Waals surface area (Å²) in [5, 5.41) is 0. The van der Waals surface area contributed by atoms with Crippen molar-refractivity contribution in [1.82, 2.24) is 39.9 Å². The molecule has 10 heterocycles. The van der Waals surface area contributed by atoms with Crippen LogP contribution in [0.5, 0.6) is 0 Å². The molecule has 0 atom stereocenters. The molecule has 516 valence electrons. The molecule has 11 heteroatoms. The van der Waals surface area contributed by atoms with Crippen molar-refractivity contribution in [1.29, 1.82) is 0 Å². The van der Waals surface area contributed by atoms with Crippen LogP contribution in [0.3, 0.4) is 0 Å². The first kappa shape index (κ1) is 71.9. The summed E-state index contributed by atoms with van der Waals surface area (Å²) < 4.78 is 0. The fourth-order valence-electron chi connectivity index (χ4n) is 14.3. The summed E-state index contributed by atoms with van der Waals surface area (Å²) in [6.45, 7) is 16.9. The molecule has 0 spiro atoms. The maximum absolute atomic E-state index is 5.37. The van der Waals surface area contributed by atoms with Gasteiger partial charge in [0.25, 0.3) is 0 Å². The topological polar surface area (TPSA) is 136 Å². The summed E-state index contributed by atoms with van der Waals surface area (Å²) in [5.74, 6) is 0. The normalized spacial score (nSPS) is 11.7. The predicted octanol–water partition coefficient (Wildman–Crippen LogP) is 23.5. The minimum atomic E-state index is 0. The Morgan fingerprint density at radius 1 is 0.159 bits per heavy atom. The van der Waals surface area contributed by atoms with E-state index < -0.39 is 0 Å². The van der Waals surface area contributed by atoms with Crippen LogP contribution in [0.15, 0.2) is 243 Å². The van der Waals surface area contributed by atoms with Gasteiger partial charge in [0.2, 0.25) is 0 Å². The molecule has 6 aromatic heterocycles. The molecule has 0 saturated carbocycles. The van der Waals surface area contributed by atoms with Gasteiger partial charge in [-0.25, -0.2) is 19.9 Å². The van der Waals surface area contributed by atoms with Crippen molar-refractivity contribution in [2.75, 3.05) is 0 Å². The number of hydrogen-bond donors (Lipinski definition) is 0. The first-order valence-electron chi connectivity index (χ1n) is 35.4. The molecule has 0 saturated heterocycles. The molecule has 0 radical (unpaired) electrons. The largest absolute Gasteiger partial charge is 3.00 e. The standard InChI is InChI=1S/2C48H36N4.2Mn.O/c2*1-29-5-13-33(14-6-29)45-37-21-23-39(49-37)46(34-15-7-30(2)8-16-34)41-25-27-43(51-41)48(36-19-11-32(4)12-20-36)44-28-26-42(52-44)47(40-24-22-38(45)50-40)35-17-9-31(3)10-18-35;;;/h2*5-28H,1-4H3;;;/q2*-2;2*+3;-2. The molecule has 4 aliphatic heterocycles. The molecule has 14 aromatic rings. The number of fused-ring (bicyclic) bond motifs is 16. The number of aromatic nitrogens is 8. The monoisotopic (exact) mass is 1460 g/mol. The average Bonchev–Trinajstić information content (AvgIpc) is 1.63. The van der Waals surface area contributed by atoms with Crippen molar-refractivity contribution in [3.63, 3.8) is 0 Å². The van der Waals surface area contributed by atoms with Crippen LogP contribution in [0.25, 0.3) is 182 Å². The second-order valence-electron chi connectivity index (χ2n) is 27.7. The van der Waals surface area contributed by atoms with E-state index in [9.17, 15) is 0 Å². The molecule has 8 aromatic carbocycles. The average molecular weight is 1460 g/mol. The Bertz CT molecular complexity index is 5100. The van der Waals surface area contributed by atoms with E-state index in [0.29, 0.717) is 0 Å². The zero-order valence-electron chi connectivity index (χ0n) is 60.5. The van der Waals surface area contributed by atoms with E-state index in [-0.39, 0.29) is 39.6 Å². The summed E-state index contributed by atoms with van der Waals surface area (Å²) in [7, 11) is 0. The zero-order valence-corrected chi connectivity index (χ0v) is 62.8. The number of benzene rings is 8. The van der Waals surface area contributed by atoms with E-state index in [2.05, 4.69) is 347 Å². The van der Waals surface area contributed by atoms with Crippen LogP contribution in [0, 0.1) is 55.4 Å². The van der Waals surface area contributed by atoms with Gasteiger partial charge in [-0.1, -0.05) is 287 Å². The summed E-state index contributed by atoms with van der Waals surface area (Å²) in [6, 6.07) is 86.0. The SMILES string of the molecule is Cc1ccc(-c2c3nc(c(-c4ccc(C)cc4)c4ccc([n-]4)c(-c4ccc(C)cc4)c4nc(c(-c5ccc(C)cc5)c5ccc2[n-]5)C=C4)C=C3)cc1.Cc1ccc(-c2c3nc(c(-c4ccc(C)cc4)c4ccc([n-]4)c(-c4ccc(C)cc4)c4nc(c(-c5ccc(C)cc5)c5ccc2[n-]5)C=C4)C=C3)cc1.[Mn+3].[Mn+3].[O-2]. The number of aryl methyl sites for hydroxylation is 8. The minimum Gasteiger partial charge on any atom is -2.00 e. The molecule has 4 aliphatic rings. The van der Waals surface area contributed by atoms with Gasteiger partial charge in [-0.15, -0.1) is 44.1 Å². The summed E-state index contributed by atoms with van der Waals surface area (Å²) in [6.07, 6.45) is 17.0. The maximum Gasteiger partial charge on any atom is 3.00 e. The van der Waals surface area contributed by atoms with Gasteiger partial charge in [-0.05, 0) is 193 Å². The van der Waals surface area contributed by atoms with Gasteiger partial charge in [0.05, 0.1) is 45.6 Å². The molecule has 0 N–H and O–H groups in total. The van der Waals surface area contributed by atoms with Crippen LogP contribution in [0.2, 0.25) is 0 Å². The van der Waals surface area contributed by atoms with Gasteiger partial charge in [0, 0.05) is 0 Å². The Balaban J connectivity index is 0.000000175. The molecule has 18 rings (SSSR count). The Morgan fingerprint density at radius 3 is 0.364 bits per heavy atom. The molecular formula is C96H72Mn2N8O. The van der Waals surface area contributed by atoms with Crippen molar-refractivity contribution < 1.29 is 39.6 Å². The van der Waals surface area contributed by atoms with E-state index in [1.165, 1.54) is 44.5 Å². The third kappa shape index (κ3) is 14.3. The zero-order chi connectivity index (χ0) is 70.7. The predicted molar refractivity (Wildman–Crippen MR) is 436 cm³/mol. The molecule has 9 nitrogen and oxygen atoms in total. The van der Waals surface area contributed by atoms with Crippen molar-refractivity contribution in [3.05, 3.63) is 333 Å². The van der Waals surface area contributed by atoms with Crippen LogP contribution < -0.4 is 19.9 Å². The van der Waals surface area contributed by atoms with Crippen LogP contribution >= 0.6 is 0 Å². The summed E-state index contributed by atoms with van der Waals surface area (Å²) in [4.78, 5) is 43.0. The number of hydrogen-bond acceptors (Lipinski definition) is 4. The van der Waals surface area contributed by atoms with Gasteiger partial charge in [-0.2, -0.15) is 0 Å². The van der Waals surface area contributed by atoms with Gasteiger partial charge in [0.1, 0.15) is 0 Å². The Labute approximate surface area is 644 Å². The second kappa shape index (κ2) is 30.2. The van der Waals surface area contributed by atoms with Gasteiger partial charge >= 0.3 is 34.1 Å². The Morgan fingerprint density at radius 2 is 0.262 bits per heavy atom. The molecule has 0 amide bonds. The van der Waals surface area contributed by atoms with E-state index >= 15 is 0 Å². The quantitative estimate of drug-likeness (QED) is 0.137. The molecule has 0 fully saturated rings. The van der Waals surface area contributed by atoms with Gasteiger partial charge < -0.3 is 25.4 Å². The van der Waals surface area contributed by atoms with Crippen LogP contribution in [-0.4, -0.2) is 19.9 Å². The molecule has 16 bridgehead atoms. The molecule has 0 aliphatic carbocycles. The van der Waals surface area contributed by atoms with Gasteiger partial charge in [-0.3, -0.25) is 0 Å². The molecule has 0 unspecified atom stereocenters. The third-order valence-electron chi connectivity index (χ3n) is 19.9. The van der Waals surface area contributed by atoms with Crippen LogP contribution in [0.1, 0.15) is 90.1 Å². The van der Waals surface area contributed by atoms with Crippen LogP contribution in [-0.2, 0) is 39.6 Å². The smallest absolute Gasteiger partial charge is 2.00 e. The van der Waals surface area contributed by atoms with Gasteiger partial charge in [0.15, 0.2) is 0 Å². The number of nitrogens with zero attached hydrogens (tertiary/aromatic N) is 8. The van der Waals surface area contributed by atoms with Crippen molar-refractivity contribution in [2.24, 2.45) is 0 Å².